The number of para-hydroxylation sites is 1. The fraction of sp³-hybridized carbons (Fsp3) is 0.175. The predicted molar refractivity (Wildman–Crippen MR) is 258 cm³/mol. The number of hydrogen-bond acceptors (Lipinski definition) is 3. The van der Waals surface area contributed by atoms with Gasteiger partial charge in [0.05, 0.1) is 22.6 Å². The van der Waals surface area contributed by atoms with Gasteiger partial charge in [-0.3, -0.25) is 0 Å². The lowest BCUT2D eigenvalue weighted by molar-refractivity contribution is 0.574. The second-order valence-corrected chi connectivity index (χ2v) is 17.6. The van der Waals surface area contributed by atoms with Crippen molar-refractivity contribution in [1.82, 2.24) is 24.1 Å². The number of benzene rings is 5. The fourth-order valence-corrected chi connectivity index (χ4v) is 10.5. The lowest BCUT2D eigenvalue weighted by atomic mass is 9.88. The summed E-state index contributed by atoms with van der Waals surface area (Å²) < 4.78 is 5.16. The average molecular weight is 802 g/mol. The molecule has 4 aliphatic rings. The average Bonchev–Trinajstić information content (AvgIpc) is 3.85. The summed E-state index contributed by atoms with van der Waals surface area (Å²) in [5.74, 6) is 2.98. The van der Waals surface area contributed by atoms with Gasteiger partial charge < -0.3 is 9.13 Å². The van der Waals surface area contributed by atoms with Gasteiger partial charge in [0.1, 0.15) is 0 Å². The van der Waals surface area contributed by atoms with Crippen molar-refractivity contribution in [3.05, 3.63) is 192 Å². The molecule has 5 nitrogen and oxygen atoms in total. The molecule has 8 aromatic rings. The molecule has 0 saturated carbocycles. The Morgan fingerprint density at radius 2 is 1.39 bits per heavy atom. The standard InChI is InChI=1S/C57H47N5/c1-36-15-13-25-48-47-29-27-43(42-28-30-51-49(33-42)46-24-11-12-26-50(46)62(51)52-34-41-21-10-9-20-40(41)31-37(52)2)35-53(47)61(54(36)48)45-23-14-22-44(32-45)57-59-55(38-16-5-3-6-17-38)58-56(60-57)39-18-7-4-8-19-39/h3,5-7,9-14,16-30,33-37,45H,4,8,15,31-32H2,1-2H3. The van der Waals surface area contributed by atoms with Crippen molar-refractivity contribution in [3.8, 4) is 22.5 Å². The van der Waals surface area contributed by atoms with E-state index in [4.69, 9.17) is 15.0 Å². The smallest absolute Gasteiger partial charge is 0.164 e. The second-order valence-electron chi connectivity index (χ2n) is 17.6. The lowest BCUT2D eigenvalue weighted by Gasteiger charge is -2.27. The van der Waals surface area contributed by atoms with Gasteiger partial charge in [0.2, 0.25) is 0 Å². The lowest BCUT2D eigenvalue weighted by Crippen LogP contribution is -2.16. The van der Waals surface area contributed by atoms with E-state index in [-0.39, 0.29) is 6.04 Å². The number of fused-ring (bicyclic) bond motifs is 7. The third kappa shape index (κ3) is 6.09. The van der Waals surface area contributed by atoms with Crippen LogP contribution in [0, 0.1) is 5.92 Å². The van der Waals surface area contributed by atoms with Crippen molar-refractivity contribution in [3.63, 3.8) is 0 Å². The highest BCUT2D eigenvalue weighted by molar-refractivity contribution is 6.12. The summed E-state index contributed by atoms with van der Waals surface area (Å²) in [6, 6.07) is 42.4. The zero-order chi connectivity index (χ0) is 41.3. The number of nitrogens with zero attached hydrogens (tertiary/aromatic N) is 5. The molecular weight excluding hydrogens is 755 g/mol. The summed E-state index contributed by atoms with van der Waals surface area (Å²) in [5.41, 5.74) is 16.3. The molecule has 3 aromatic heterocycles. The molecule has 4 aliphatic carbocycles. The van der Waals surface area contributed by atoms with Gasteiger partial charge in [0.15, 0.2) is 17.5 Å². The van der Waals surface area contributed by atoms with E-state index in [1.807, 2.05) is 18.2 Å². The molecule has 0 fully saturated rings. The zero-order valence-corrected chi connectivity index (χ0v) is 35.2. The summed E-state index contributed by atoms with van der Waals surface area (Å²) >= 11 is 0. The highest BCUT2D eigenvalue weighted by Crippen LogP contribution is 2.45. The second kappa shape index (κ2) is 14.8. The largest absolute Gasteiger partial charge is 0.336 e. The molecule has 3 atom stereocenters. The van der Waals surface area contributed by atoms with Crippen LogP contribution < -0.4 is 0 Å². The Labute approximate surface area is 362 Å². The van der Waals surface area contributed by atoms with Gasteiger partial charge in [-0.25, -0.2) is 15.0 Å². The first-order chi connectivity index (χ1) is 30.6. The third-order valence-corrected chi connectivity index (χ3v) is 13.6. The molecule has 0 bridgehead atoms. The van der Waals surface area contributed by atoms with Crippen LogP contribution in [-0.4, -0.2) is 24.1 Å². The van der Waals surface area contributed by atoms with Crippen LogP contribution in [0.1, 0.15) is 85.5 Å². The SMILES string of the molecule is CC1Cc2ccccc2C=C1n1c2ccccc2c2cc(-c3ccc4c5c(n(C6C=CC=C(c7nc(C8=CCCC=C8)nc(-c8ccccc8)n7)C6)c4c3)C(C)CC=C5)ccc21. The number of hydrogen-bond donors (Lipinski definition) is 0. The summed E-state index contributed by atoms with van der Waals surface area (Å²) in [6.07, 6.45) is 25.4. The number of allylic oxidation sites excluding steroid dienone is 10. The van der Waals surface area contributed by atoms with Crippen LogP contribution in [0.25, 0.3) is 84.2 Å². The van der Waals surface area contributed by atoms with Crippen LogP contribution in [0.3, 0.4) is 0 Å². The van der Waals surface area contributed by atoms with Crippen LogP contribution in [0.2, 0.25) is 0 Å². The van der Waals surface area contributed by atoms with Crippen LogP contribution in [0.15, 0.2) is 158 Å². The Bertz CT molecular complexity index is 3310. The van der Waals surface area contributed by atoms with Crippen LogP contribution >= 0.6 is 0 Å². The minimum absolute atomic E-state index is 0.0935. The van der Waals surface area contributed by atoms with E-state index in [1.54, 1.807) is 0 Å². The monoisotopic (exact) mass is 801 g/mol. The molecule has 5 heteroatoms. The quantitative estimate of drug-likeness (QED) is 0.168. The molecule has 3 unspecified atom stereocenters. The summed E-state index contributed by atoms with van der Waals surface area (Å²) in [7, 11) is 0. The molecule has 62 heavy (non-hydrogen) atoms. The minimum atomic E-state index is 0.0935. The highest BCUT2D eigenvalue weighted by atomic mass is 15.1. The van der Waals surface area contributed by atoms with Crippen LogP contribution in [0.5, 0.6) is 0 Å². The number of aromatic nitrogens is 5. The topological polar surface area (TPSA) is 48.5 Å². The molecule has 12 rings (SSSR count). The van der Waals surface area contributed by atoms with E-state index in [2.05, 4.69) is 175 Å². The van der Waals surface area contributed by atoms with Gasteiger partial charge in [-0.05, 0) is 83.9 Å². The molecule has 0 aliphatic heterocycles. The first-order valence-corrected chi connectivity index (χ1v) is 22.3. The van der Waals surface area contributed by atoms with E-state index >= 15 is 0 Å². The maximum absolute atomic E-state index is 5.16. The van der Waals surface area contributed by atoms with E-state index in [0.717, 1.165) is 60.5 Å². The first-order valence-electron chi connectivity index (χ1n) is 22.3. The Balaban J connectivity index is 0.964. The van der Waals surface area contributed by atoms with Gasteiger partial charge in [-0.1, -0.05) is 153 Å². The molecule has 0 N–H and O–H groups in total. The maximum Gasteiger partial charge on any atom is 0.164 e. The van der Waals surface area contributed by atoms with Crippen molar-refractivity contribution >= 4 is 61.7 Å². The van der Waals surface area contributed by atoms with Gasteiger partial charge in [0, 0.05) is 62.5 Å². The van der Waals surface area contributed by atoms with Crippen molar-refractivity contribution < 1.29 is 0 Å². The summed E-state index contributed by atoms with van der Waals surface area (Å²) in [5, 5.41) is 3.87. The van der Waals surface area contributed by atoms with Gasteiger partial charge in [0.25, 0.3) is 0 Å². The fourth-order valence-electron chi connectivity index (χ4n) is 10.5. The first kappa shape index (κ1) is 36.7. The molecule has 0 spiro atoms. The minimum Gasteiger partial charge on any atom is -0.336 e. The van der Waals surface area contributed by atoms with E-state index in [0.29, 0.717) is 17.7 Å². The molecule has 300 valence electrons. The van der Waals surface area contributed by atoms with E-state index in [1.165, 1.54) is 71.9 Å². The molecule has 0 radical (unpaired) electrons. The molecule has 0 saturated heterocycles. The highest BCUT2D eigenvalue weighted by Gasteiger charge is 2.29. The van der Waals surface area contributed by atoms with Gasteiger partial charge in [-0.15, -0.1) is 0 Å². The van der Waals surface area contributed by atoms with Gasteiger partial charge >= 0.3 is 0 Å². The maximum atomic E-state index is 5.16. The summed E-state index contributed by atoms with van der Waals surface area (Å²) in [4.78, 5) is 15.3. The van der Waals surface area contributed by atoms with Crippen LogP contribution in [-0.2, 0) is 6.42 Å². The van der Waals surface area contributed by atoms with Crippen molar-refractivity contribution in [2.24, 2.45) is 5.92 Å². The van der Waals surface area contributed by atoms with E-state index < -0.39 is 0 Å². The van der Waals surface area contributed by atoms with Crippen molar-refractivity contribution in [1.29, 1.82) is 0 Å². The van der Waals surface area contributed by atoms with Crippen molar-refractivity contribution in [2.45, 2.75) is 57.9 Å². The normalized spacial score (nSPS) is 19.4. The van der Waals surface area contributed by atoms with Crippen molar-refractivity contribution in [2.75, 3.05) is 0 Å². The third-order valence-electron chi connectivity index (χ3n) is 13.6. The molecular formula is C57H47N5. The Hall–Kier alpha value is -7.11. The molecule has 3 heterocycles. The Morgan fingerprint density at radius 1 is 0.597 bits per heavy atom. The Kier molecular flexibility index (Phi) is 8.77. The summed E-state index contributed by atoms with van der Waals surface area (Å²) in [6.45, 7) is 4.75. The van der Waals surface area contributed by atoms with E-state index in [9.17, 15) is 0 Å². The Morgan fingerprint density at radius 3 is 2.29 bits per heavy atom. The zero-order valence-electron chi connectivity index (χ0n) is 35.2. The number of rotatable bonds is 6. The van der Waals surface area contributed by atoms with Crippen LogP contribution in [0.4, 0.5) is 0 Å². The molecule has 5 aromatic carbocycles. The predicted octanol–water partition coefficient (Wildman–Crippen LogP) is 14.3. The van der Waals surface area contributed by atoms with Gasteiger partial charge in [-0.2, -0.15) is 0 Å². The molecule has 0 amide bonds.